The highest BCUT2D eigenvalue weighted by Gasteiger charge is 2.49. The van der Waals surface area contributed by atoms with Gasteiger partial charge in [-0.1, -0.05) is 49.7 Å². The minimum absolute atomic E-state index is 0.00845. The number of carbonyl (C=O) groups is 3. The van der Waals surface area contributed by atoms with E-state index in [9.17, 15) is 23.2 Å². The lowest BCUT2D eigenvalue weighted by atomic mass is 9.91. The Balaban J connectivity index is 1.72. The van der Waals surface area contributed by atoms with Crippen LogP contribution in [-0.4, -0.2) is 35.9 Å². The number of benzene rings is 2. The van der Waals surface area contributed by atoms with Crippen LogP contribution in [0.15, 0.2) is 48.5 Å². The molecule has 1 aliphatic rings. The number of nitrogens with one attached hydrogen (secondary N) is 2. The predicted molar refractivity (Wildman–Crippen MR) is 110 cm³/mol. The van der Waals surface area contributed by atoms with Crippen LogP contribution in [-0.2, 0) is 21.5 Å². The summed E-state index contributed by atoms with van der Waals surface area (Å²) in [5, 5.41) is 5.04. The maximum atomic E-state index is 13.0. The summed E-state index contributed by atoms with van der Waals surface area (Å²) < 4.78 is 29.5. The van der Waals surface area contributed by atoms with Crippen LogP contribution in [0.1, 0.15) is 31.4 Å². The van der Waals surface area contributed by atoms with Crippen LogP contribution >= 0.6 is 0 Å². The Morgan fingerprint density at radius 3 is 2.48 bits per heavy atom. The summed E-state index contributed by atoms with van der Waals surface area (Å²) in [6, 6.07) is 12.3. The molecular formula is C22H23F2N3O4. The van der Waals surface area contributed by atoms with Gasteiger partial charge in [0.1, 0.15) is 17.8 Å². The molecule has 1 saturated heterocycles. The molecule has 3 rings (SSSR count). The van der Waals surface area contributed by atoms with Crippen LogP contribution in [0.4, 0.5) is 19.3 Å². The lowest BCUT2D eigenvalue weighted by Crippen LogP contribution is -2.42. The lowest BCUT2D eigenvalue weighted by molar-refractivity contribution is -0.133. The number of carbonyl (C=O) groups excluding carboxylic acids is 3. The maximum Gasteiger partial charge on any atom is 0.387 e. The van der Waals surface area contributed by atoms with Gasteiger partial charge in [0, 0.05) is 0 Å². The number of ether oxygens (including phenoxy) is 1. The number of nitrogens with zero attached hydrogens (tertiary/aromatic N) is 1. The molecule has 0 aliphatic carbocycles. The Hall–Kier alpha value is -3.49. The van der Waals surface area contributed by atoms with Gasteiger partial charge in [-0.05, 0) is 36.6 Å². The molecule has 1 aliphatic heterocycles. The highest BCUT2D eigenvalue weighted by Crippen LogP contribution is 2.30. The number of para-hydroxylation sites is 2. The maximum absolute atomic E-state index is 13.0. The van der Waals surface area contributed by atoms with Crippen molar-refractivity contribution in [2.24, 2.45) is 0 Å². The van der Waals surface area contributed by atoms with Gasteiger partial charge in [-0.2, -0.15) is 8.78 Å². The topological polar surface area (TPSA) is 87.7 Å². The molecule has 1 heterocycles. The predicted octanol–water partition coefficient (Wildman–Crippen LogP) is 3.65. The van der Waals surface area contributed by atoms with E-state index in [0.717, 1.165) is 23.3 Å². The second-order valence-corrected chi connectivity index (χ2v) is 7.32. The first-order valence-corrected chi connectivity index (χ1v) is 9.82. The van der Waals surface area contributed by atoms with Gasteiger partial charge in [0.25, 0.3) is 5.91 Å². The van der Waals surface area contributed by atoms with Crippen LogP contribution in [0.25, 0.3) is 0 Å². The molecule has 2 aromatic carbocycles. The second-order valence-electron chi connectivity index (χ2n) is 7.32. The molecule has 1 atom stereocenters. The van der Waals surface area contributed by atoms with E-state index in [-0.39, 0.29) is 11.4 Å². The molecule has 31 heavy (non-hydrogen) atoms. The van der Waals surface area contributed by atoms with Crippen molar-refractivity contribution < 1.29 is 27.9 Å². The first-order valence-electron chi connectivity index (χ1n) is 9.82. The van der Waals surface area contributed by atoms with Crippen LogP contribution in [0.3, 0.4) is 0 Å². The fraction of sp³-hybridized carbons (Fsp3) is 0.318. The number of anilines is 1. The molecule has 2 aromatic rings. The summed E-state index contributed by atoms with van der Waals surface area (Å²) in [5.41, 5.74) is 0.421. The van der Waals surface area contributed by atoms with E-state index < -0.39 is 36.5 Å². The molecule has 0 radical (unpaired) electrons. The van der Waals surface area contributed by atoms with E-state index in [1.165, 1.54) is 24.3 Å². The van der Waals surface area contributed by atoms with Gasteiger partial charge in [0.05, 0.1) is 5.69 Å². The quantitative estimate of drug-likeness (QED) is 0.625. The molecule has 0 spiro atoms. The van der Waals surface area contributed by atoms with Gasteiger partial charge in [0.15, 0.2) is 0 Å². The zero-order valence-electron chi connectivity index (χ0n) is 17.2. The van der Waals surface area contributed by atoms with Gasteiger partial charge in [-0.3, -0.25) is 14.5 Å². The fourth-order valence-electron chi connectivity index (χ4n) is 3.43. The summed E-state index contributed by atoms with van der Waals surface area (Å²) >= 11 is 0. The summed E-state index contributed by atoms with van der Waals surface area (Å²) in [7, 11) is 0. The molecule has 4 amide bonds. The minimum atomic E-state index is -3.06. The van der Waals surface area contributed by atoms with Crippen LogP contribution in [0, 0.1) is 0 Å². The van der Waals surface area contributed by atoms with Crippen molar-refractivity contribution in [2.75, 3.05) is 11.9 Å². The van der Waals surface area contributed by atoms with Crippen molar-refractivity contribution in [1.29, 1.82) is 0 Å². The van der Waals surface area contributed by atoms with Gasteiger partial charge >= 0.3 is 12.6 Å². The average Bonchev–Trinajstić information content (AvgIpc) is 2.94. The Labute approximate surface area is 178 Å². The third kappa shape index (κ3) is 4.82. The zero-order valence-corrected chi connectivity index (χ0v) is 17.2. The SMILES string of the molecule is CCCc1ccc(C2(C)NC(=O)N(CC(=O)Nc3ccccc3OC(F)F)C2=O)cc1. The number of aryl methyl sites for hydroxylation is 1. The smallest absolute Gasteiger partial charge is 0.387 e. The number of rotatable bonds is 8. The van der Waals surface area contributed by atoms with Crippen molar-refractivity contribution in [3.05, 3.63) is 59.7 Å². The number of imide groups is 1. The first-order chi connectivity index (χ1) is 14.7. The van der Waals surface area contributed by atoms with E-state index in [1.807, 2.05) is 12.1 Å². The molecule has 2 N–H and O–H groups in total. The lowest BCUT2D eigenvalue weighted by Gasteiger charge is -2.22. The standard InChI is InChI=1S/C22H23F2N3O4/c1-3-6-14-9-11-15(12-10-14)22(2)19(29)27(21(30)26-22)13-18(28)25-16-7-4-5-8-17(16)31-20(23)24/h4-5,7-12,20H,3,6,13H2,1-2H3,(H,25,28)(H,26,30). The van der Waals surface area contributed by atoms with E-state index in [1.54, 1.807) is 19.1 Å². The molecule has 7 nitrogen and oxygen atoms in total. The van der Waals surface area contributed by atoms with Gasteiger partial charge in [-0.25, -0.2) is 4.79 Å². The Morgan fingerprint density at radius 2 is 1.84 bits per heavy atom. The first kappa shape index (κ1) is 22.2. The van der Waals surface area contributed by atoms with E-state index >= 15 is 0 Å². The van der Waals surface area contributed by atoms with Crippen LogP contribution < -0.4 is 15.4 Å². The van der Waals surface area contributed by atoms with Crippen LogP contribution in [0.5, 0.6) is 5.75 Å². The zero-order chi connectivity index (χ0) is 22.6. The molecule has 9 heteroatoms. The number of amides is 4. The molecule has 0 bridgehead atoms. The van der Waals surface area contributed by atoms with Crippen molar-refractivity contribution in [2.45, 2.75) is 38.8 Å². The third-order valence-corrected chi connectivity index (χ3v) is 5.02. The second kappa shape index (κ2) is 9.11. The van der Waals surface area contributed by atoms with Crippen molar-refractivity contribution in [3.8, 4) is 5.75 Å². The Morgan fingerprint density at radius 1 is 1.16 bits per heavy atom. The largest absolute Gasteiger partial charge is 0.433 e. The monoisotopic (exact) mass is 431 g/mol. The third-order valence-electron chi connectivity index (χ3n) is 5.02. The molecule has 0 saturated carbocycles. The van der Waals surface area contributed by atoms with Crippen molar-refractivity contribution in [1.82, 2.24) is 10.2 Å². The van der Waals surface area contributed by atoms with Crippen molar-refractivity contribution >= 4 is 23.5 Å². The van der Waals surface area contributed by atoms with Gasteiger partial charge in [0.2, 0.25) is 5.91 Å². The summed E-state index contributed by atoms with van der Waals surface area (Å²) in [5.74, 6) is -1.52. The van der Waals surface area contributed by atoms with Gasteiger partial charge < -0.3 is 15.4 Å². The highest BCUT2D eigenvalue weighted by atomic mass is 19.3. The van der Waals surface area contributed by atoms with Gasteiger partial charge in [-0.15, -0.1) is 0 Å². The fourth-order valence-corrected chi connectivity index (χ4v) is 3.43. The normalized spacial score (nSPS) is 18.3. The summed E-state index contributed by atoms with van der Waals surface area (Å²) in [6.07, 6.45) is 1.89. The number of halogens is 2. The minimum Gasteiger partial charge on any atom is -0.433 e. The summed E-state index contributed by atoms with van der Waals surface area (Å²) in [6.45, 7) is 0.00761. The van der Waals surface area contributed by atoms with E-state index in [0.29, 0.717) is 5.56 Å². The Bertz CT molecular complexity index is 981. The Kier molecular flexibility index (Phi) is 6.53. The van der Waals surface area contributed by atoms with Crippen molar-refractivity contribution in [3.63, 3.8) is 0 Å². The summed E-state index contributed by atoms with van der Waals surface area (Å²) in [4.78, 5) is 38.7. The van der Waals surface area contributed by atoms with E-state index in [2.05, 4.69) is 22.3 Å². The number of alkyl halides is 2. The van der Waals surface area contributed by atoms with Crippen LogP contribution in [0.2, 0.25) is 0 Å². The van der Waals surface area contributed by atoms with E-state index in [4.69, 9.17) is 0 Å². The highest BCUT2D eigenvalue weighted by molar-refractivity contribution is 6.10. The molecule has 164 valence electrons. The molecule has 0 aromatic heterocycles. The molecule has 1 unspecified atom stereocenters. The molecular weight excluding hydrogens is 408 g/mol. The number of urea groups is 1. The number of hydrogen-bond acceptors (Lipinski definition) is 4. The molecule has 1 fully saturated rings. The number of hydrogen-bond donors (Lipinski definition) is 2. The average molecular weight is 431 g/mol.